The van der Waals surface area contributed by atoms with E-state index in [1.54, 1.807) is 6.92 Å². The Morgan fingerprint density at radius 2 is 1.50 bits per heavy atom. The van der Waals surface area contributed by atoms with Crippen LogP contribution < -0.4 is 5.32 Å². The van der Waals surface area contributed by atoms with Crippen molar-refractivity contribution in [2.24, 2.45) is 0 Å². The van der Waals surface area contributed by atoms with E-state index >= 15 is 0 Å². The molecule has 2 atom stereocenters. The average Bonchev–Trinajstić information content (AvgIpc) is 2.69. The quantitative estimate of drug-likeness (QED) is 0.524. The Bertz CT molecular complexity index is 693. The van der Waals surface area contributed by atoms with Gasteiger partial charge in [0, 0.05) is 0 Å². The van der Waals surface area contributed by atoms with Crippen molar-refractivity contribution in [3.8, 4) is 0 Å². The van der Waals surface area contributed by atoms with Gasteiger partial charge in [-0.1, -0.05) is 60.7 Å². The van der Waals surface area contributed by atoms with Crippen molar-refractivity contribution >= 4 is 24.5 Å². The van der Waals surface area contributed by atoms with Gasteiger partial charge in [-0.3, -0.25) is 4.79 Å². The van der Waals surface area contributed by atoms with Crippen LogP contribution in [-0.2, 0) is 32.3 Å². The third-order valence-corrected chi connectivity index (χ3v) is 4.05. The number of benzene rings is 2. The van der Waals surface area contributed by atoms with E-state index in [4.69, 9.17) is 9.47 Å². The lowest BCUT2D eigenvalue weighted by molar-refractivity contribution is -0.153. The highest BCUT2D eigenvalue weighted by Crippen LogP contribution is 2.09. The number of nitrogens with one attached hydrogen (secondary N) is 1. The standard InChI is InChI=1S/C20H23NO4S/c1-15(24-12-16-8-4-2-5-9-16)19(21-18(22)14-26)20(23)25-13-17-10-6-3-7-11-17/h2-11,15,19,26H,12-14H2,1H3,(H,21,22). The van der Waals surface area contributed by atoms with Gasteiger partial charge in [0.05, 0.1) is 18.5 Å². The maximum atomic E-state index is 12.5. The summed E-state index contributed by atoms with van der Waals surface area (Å²) in [5.74, 6) is -0.914. The summed E-state index contributed by atoms with van der Waals surface area (Å²) < 4.78 is 11.1. The molecule has 0 bridgehead atoms. The lowest BCUT2D eigenvalue weighted by atomic mass is 10.1. The topological polar surface area (TPSA) is 64.6 Å². The Morgan fingerprint density at radius 1 is 0.962 bits per heavy atom. The number of hydrogen-bond donors (Lipinski definition) is 2. The summed E-state index contributed by atoms with van der Waals surface area (Å²) >= 11 is 3.94. The fraction of sp³-hybridized carbons (Fsp3) is 0.300. The Kier molecular flexibility index (Phi) is 8.18. The normalized spacial score (nSPS) is 12.8. The Hall–Kier alpha value is -2.31. The van der Waals surface area contributed by atoms with Gasteiger partial charge >= 0.3 is 5.97 Å². The number of amides is 1. The summed E-state index contributed by atoms with van der Waals surface area (Å²) in [6.07, 6.45) is -0.553. The van der Waals surface area contributed by atoms with Crippen LogP contribution in [0.1, 0.15) is 18.1 Å². The van der Waals surface area contributed by atoms with E-state index in [9.17, 15) is 9.59 Å². The number of thiol groups is 1. The predicted octanol–water partition coefficient (Wildman–Crippen LogP) is 2.75. The molecule has 0 aromatic heterocycles. The van der Waals surface area contributed by atoms with Crippen LogP contribution in [0.3, 0.4) is 0 Å². The molecule has 138 valence electrons. The predicted molar refractivity (Wildman–Crippen MR) is 103 cm³/mol. The van der Waals surface area contributed by atoms with Gasteiger partial charge in [0.15, 0.2) is 6.04 Å². The third kappa shape index (κ3) is 6.54. The van der Waals surface area contributed by atoms with E-state index < -0.39 is 18.1 Å². The largest absolute Gasteiger partial charge is 0.459 e. The molecule has 0 saturated heterocycles. The molecule has 0 aliphatic rings. The molecule has 2 aromatic carbocycles. The number of hydrogen-bond acceptors (Lipinski definition) is 5. The molecule has 0 radical (unpaired) electrons. The van der Waals surface area contributed by atoms with Gasteiger partial charge in [0.25, 0.3) is 0 Å². The number of carbonyl (C=O) groups is 2. The highest BCUT2D eigenvalue weighted by Gasteiger charge is 2.29. The van der Waals surface area contributed by atoms with Crippen LogP contribution in [0.25, 0.3) is 0 Å². The molecule has 26 heavy (non-hydrogen) atoms. The molecule has 2 unspecified atom stereocenters. The second-order valence-electron chi connectivity index (χ2n) is 5.80. The molecule has 6 heteroatoms. The third-order valence-electron chi connectivity index (χ3n) is 3.76. The number of ether oxygens (including phenoxy) is 2. The van der Waals surface area contributed by atoms with Crippen molar-refractivity contribution < 1.29 is 19.1 Å². The monoisotopic (exact) mass is 373 g/mol. The lowest BCUT2D eigenvalue weighted by Crippen LogP contribution is -2.49. The van der Waals surface area contributed by atoms with E-state index in [1.165, 1.54) is 0 Å². The molecular formula is C20H23NO4S. The maximum absolute atomic E-state index is 12.5. The first-order valence-corrected chi connectivity index (χ1v) is 8.99. The minimum atomic E-state index is -0.901. The number of rotatable bonds is 9. The molecule has 0 heterocycles. The van der Waals surface area contributed by atoms with Crippen molar-refractivity contribution in [3.05, 3.63) is 71.8 Å². The first-order chi connectivity index (χ1) is 12.6. The minimum absolute atomic E-state index is 0.0200. The van der Waals surface area contributed by atoms with Crippen molar-refractivity contribution in [1.82, 2.24) is 5.32 Å². The molecule has 0 aliphatic heterocycles. The smallest absolute Gasteiger partial charge is 0.331 e. The molecule has 0 spiro atoms. The van der Waals surface area contributed by atoms with Gasteiger partial charge in [0.2, 0.25) is 5.91 Å². The highest BCUT2D eigenvalue weighted by molar-refractivity contribution is 7.81. The number of esters is 1. The molecule has 1 amide bonds. The molecule has 0 saturated carbocycles. The molecule has 0 aliphatic carbocycles. The van der Waals surface area contributed by atoms with Crippen LogP contribution in [0.4, 0.5) is 0 Å². The SMILES string of the molecule is CC(OCc1ccccc1)C(NC(=O)CS)C(=O)OCc1ccccc1. The summed E-state index contributed by atoms with van der Waals surface area (Å²) in [6, 6.07) is 18.1. The van der Waals surface area contributed by atoms with E-state index in [0.29, 0.717) is 6.61 Å². The van der Waals surface area contributed by atoms with Gasteiger partial charge < -0.3 is 14.8 Å². The molecule has 0 fully saturated rings. The minimum Gasteiger partial charge on any atom is -0.459 e. The molecule has 1 N–H and O–H groups in total. The van der Waals surface area contributed by atoms with Crippen LogP contribution in [0.2, 0.25) is 0 Å². The molecule has 5 nitrogen and oxygen atoms in total. The van der Waals surface area contributed by atoms with Crippen molar-refractivity contribution in [3.63, 3.8) is 0 Å². The molecule has 2 aromatic rings. The Morgan fingerprint density at radius 3 is 2.04 bits per heavy atom. The van der Waals surface area contributed by atoms with E-state index in [-0.39, 0.29) is 18.3 Å². The van der Waals surface area contributed by atoms with E-state index in [2.05, 4.69) is 17.9 Å². The summed E-state index contributed by atoms with van der Waals surface area (Å²) in [6.45, 7) is 2.20. The zero-order valence-electron chi connectivity index (χ0n) is 14.6. The second kappa shape index (κ2) is 10.6. The lowest BCUT2D eigenvalue weighted by Gasteiger charge is -2.24. The van der Waals surface area contributed by atoms with Gasteiger partial charge in [0.1, 0.15) is 6.61 Å². The fourth-order valence-electron chi connectivity index (χ4n) is 2.30. The van der Waals surface area contributed by atoms with Gasteiger partial charge in [-0.05, 0) is 18.1 Å². The van der Waals surface area contributed by atoms with Gasteiger partial charge in [-0.2, -0.15) is 12.6 Å². The Balaban J connectivity index is 1.96. The average molecular weight is 373 g/mol. The Labute approximate surface area is 159 Å². The number of carbonyl (C=O) groups excluding carboxylic acids is 2. The summed E-state index contributed by atoms with van der Waals surface area (Å²) in [5.41, 5.74) is 1.86. The fourth-order valence-corrected chi connectivity index (χ4v) is 2.39. The first kappa shape index (κ1) is 20.0. The van der Waals surface area contributed by atoms with Crippen LogP contribution in [0.15, 0.2) is 60.7 Å². The summed E-state index contributed by atoms with van der Waals surface area (Å²) in [5, 5.41) is 2.62. The van der Waals surface area contributed by atoms with Crippen LogP contribution in [0, 0.1) is 0 Å². The first-order valence-electron chi connectivity index (χ1n) is 8.36. The van der Waals surface area contributed by atoms with Crippen LogP contribution in [0.5, 0.6) is 0 Å². The molecule has 2 rings (SSSR count). The van der Waals surface area contributed by atoms with Crippen LogP contribution >= 0.6 is 12.6 Å². The maximum Gasteiger partial charge on any atom is 0.331 e. The zero-order chi connectivity index (χ0) is 18.8. The second-order valence-corrected chi connectivity index (χ2v) is 6.11. The van der Waals surface area contributed by atoms with Crippen molar-refractivity contribution in [2.45, 2.75) is 32.3 Å². The summed E-state index contributed by atoms with van der Waals surface area (Å²) in [4.78, 5) is 24.2. The van der Waals surface area contributed by atoms with Gasteiger partial charge in [-0.15, -0.1) is 0 Å². The summed E-state index contributed by atoms with van der Waals surface area (Å²) in [7, 11) is 0. The van der Waals surface area contributed by atoms with Crippen LogP contribution in [-0.4, -0.2) is 29.8 Å². The van der Waals surface area contributed by atoms with E-state index in [1.807, 2.05) is 60.7 Å². The molecular weight excluding hydrogens is 350 g/mol. The zero-order valence-corrected chi connectivity index (χ0v) is 15.5. The highest BCUT2D eigenvalue weighted by atomic mass is 32.1. The van der Waals surface area contributed by atoms with Crippen molar-refractivity contribution in [2.75, 3.05) is 5.75 Å². The van der Waals surface area contributed by atoms with Gasteiger partial charge in [-0.25, -0.2) is 4.79 Å². The van der Waals surface area contributed by atoms with Crippen molar-refractivity contribution in [1.29, 1.82) is 0 Å². The van der Waals surface area contributed by atoms with E-state index in [0.717, 1.165) is 11.1 Å².